The molecular formula is C12H14ClFO2. The summed E-state index contributed by atoms with van der Waals surface area (Å²) in [6, 6.07) is 4.04. The van der Waals surface area contributed by atoms with E-state index in [1.54, 1.807) is 6.92 Å². The van der Waals surface area contributed by atoms with E-state index in [4.69, 9.17) is 11.6 Å². The van der Waals surface area contributed by atoms with Crippen molar-refractivity contribution in [2.45, 2.75) is 32.3 Å². The van der Waals surface area contributed by atoms with Crippen molar-refractivity contribution in [3.63, 3.8) is 0 Å². The highest BCUT2D eigenvalue weighted by atomic mass is 35.5. The fourth-order valence-electron chi connectivity index (χ4n) is 1.24. The number of benzene rings is 1. The highest BCUT2D eigenvalue weighted by Gasteiger charge is 2.28. The summed E-state index contributed by atoms with van der Waals surface area (Å²) in [5.41, 5.74) is -1.19. The third kappa shape index (κ3) is 3.03. The standard InChI is InChI=1S/C12H14ClFO2/c1-3-12(2,16)11(15)7-8-6-9(13)4-5-10(8)14/h4-6,16H,3,7H2,1-2H3. The summed E-state index contributed by atoms with van der Waals surface area (Å²) in [7, 11) is 0. The molecule has 0 amide bonds. The zero-order valence-electron chi connectivity index (χ0n) is 9.26. The normalized spacial score (nSPS) is 14.6. The van der Waals surface area contributed by atoms with E-state index in [0.29, 0.717) is 11.4 Å². The zero-order valence-corrected chi connectivity index (χ0v) is 10.0. The lowest BCUT2D eigenvalue weighted by atomic mass is 9.93. The Morgan fingerprint density at radius 1 is 1.56 bits per heavy atom. The number of ketones is 1. The predicted molar refractivity (Wildman–Crippen MR) is 61.0 cm³/mol. The summed E-state index contributed by atoms with van der Waals surface area (Å²) >= 11 is 5.71. The summed E-state index contributed by atoms with van der Waals surface area (Å²) in [5, 5.41) is 10.1. The van der Waals surface area contributed by atoms with E-state index in [-0.39, 0.29) is 12.0 Å². The van der Waals surface area contributed by atoms with Crippen LogP contribution in [0.3, 0.4) is 0 Å². The molecule has 1 atom stereocenters. The van der Waals surface area contributed by atoms with Gasteiger partial charge in [0.05, 0.1) is 0 Å². The van der Waals surface area contributed by atoms with E-state index in [1.165, 1.54) is 25.1 Å². The molecule has 88 valence electrons. The second-order valence-corrected chi connectivity index (χ2v) is 4.40. The fraction of sp³-hybridized carbons (Fsp3) is 0.417. The molecule has 0 radical (unpaired) electrons. The van der Waals surface area contributed by atoms with Gasteiger partial charge in [0, 0.05) is 11.4 Å². The zero-order chi connectivity index (χ0) is 12.3. The number of carbonyl (C=O) groups excluding carboxylic acids is 1. The summed E-state index contributed by atoms with van der Waals surface area (Å²) in [5.74, 6) is -0.888. The van der Waals surface area contributed by atoms with Gasteiger partial charge in [0.25, 0.3) is 0 Å². The van der Waals surface area contributed by atoms with Crippen LogP contribution >= 0.6 is 11.6 Å². The van der Waals surface area contributed by atoms with Gasteiger partial charge in [0.15, 0.2) is 5.78 Å². The molecule has 1 unspecified atom stereocenters. The molecule has 1 aromatic rings. The van der Waals surface area contributed by atoms with Crippen molar-refractivity contribution in [2.75, 3.05) is 0 Å². The Morgan fingerprint density at radius 2 is 2.19 bits per heavy atom. The van der Waals surface area contributed by atoms with E-state index >= 15 is 0 Å². The van der Waals surface area contributed by atoms with Gasteiger partial charge in [-0.2, -0.15) is 0 Å². The smallest absolute Gasteiger partial charge is 0.168 e. The largest absolute Gasteiger partial charge is 0.382 e. The molecule has 0 aliphatic carbocycles. The predicted octanol–water partition coefficient (Wildman–Crippen LogP) is 2.75. The van der Waals surface area contributed by atoms with Gasteiger partial charge in [-0.1, -0.05) is 18.5 Å². The number of Topliss-reactive ketones (excluding diaryl/α,β-unsaturated/α-hetero) is 1. The molecule has 0 saturated carbocycles. The van der Waals surface area contributed by atoms with Crippen molar-refractivity contribution in [3.8, 4) is 0 Å². The van der Waals surface area contributed by atoms with E-state index in [0.717, 1.165) is 0 Å². The van der Waals surface area contributed by atoms with Gasteiger partial charge in [0.1, 0.15) is 11.4 Å². The van der Waals surface area contributed by atoms with Crippen LogP contribution in [0.1, 0.15) is 25.8 Å². The van der Waals surface area contributed by atoms with E-state index in [1.807, 2.05) is 0 Å². The molecule has 0 saturated heterocycles. The summed E-state index contributed by atoms with van der Waals surface area (Å²) < 4.78 is 13.3. The topological polar surface area (TPSA) is 37.3 Å². The van der Waals surface area contributed by atoms with Crippen LogP contribution in [0.5, 0.6) is 0 Å². The molecule has 0 aromatic heterocycles. The van der Waals surface area contributed by atoms with Crippen LogP contribution in [0.15, 0.2) is 18.2 Å². The van der Waals surface area contributed by atoms with Gasteiger partial charge in [-0.05, 0) is 37.1 Å². The molecule has 0 fully saturated rings. The Kier molecular flexibility index (Phi) is 4.05. The Labute approximate surface area is 99.0 Å². The van der Waals surface area contributed by atoms with Crippen LogP contribution in [0, 0.1) is 5.82 Å². The first-order chi connectivity index (χ1) is 7.36. The first-order valence-electron chi connectivity index (χ1n) is 5.06. The summed E-state index contributed by atoms with van der Waals surface area (Å²) in [6.07, 6.45) is 0.154. The molecule has 1 aromatic carbocycles. The summed E-state index contributed by atoms with van der Waals surface area (Å²) in [4.78, 5) is 11.7. The van der Waals surface area contributed by atoms with E-state index in [2.05, 4.69) is 0 Å². The SMILES string of the molecule is CCC(C)(O)C(=O)Cc1cc(Cl)ccc1F. The lowest BCUT2D eigenvalue weighted by Crippen LogP contribution is -2.35. The van der Waals surface area contributed by atoms with Crippen molar-refractivity contribution < 1.29 is 14.3 Å². The minimum Gasteiger partial charge on any atom is -0.382 e. The Hall–Kier alpha value is -0.930. The lowest BCUT2D eigenvalue weighted by molar-refractivity contribution is -0.135. The van der Waals surface area contributed by atoms with Gasteiger partial charge in [0.2, 0.25) is 0 Å². The monoisotopic (exact) mass is 244 g/mol. The number of halogens is 2. The van der Waals surface area contributed by atoms with Crippen LogP contribution in [-0.4, -0.2) is 16.5 Å². The van der Waals surface area contributed by atoms with Crippen molar-refractivity contribution in [3.05, 3.63) is 34.6 Å². The molecule has 1 rings (SSSR count). The van der Waals surface area contributed by atoms with Crippen molar-refractivity contribution in [1.29, 1.82) is 0 Å². The second kappa shape index (κ2) is 4.93. The minimum atomic E-state index is -1.41. The number of rotatable bonds is 4. The fourth-order valence-corrected chi connectivity index (χ4v) is 1.43. The van der Waals surface area contributed by atoms with Gasteiger partial charge in [-0.3, -0.25) is 4.79 Å². The first kappa shape index (κ1) is 13.1. The molecule has 0 aliphatic rings. The first-order valence-corrected chi connectivity index (χ1v) is 5.44. The van der Waals surface area contributed by atoms with Crippen molar-refractivity contribution >= 4 is 17.4 Å². The molecule has 2 nitrogen and oxygen atoms in total. The molecule has 4 heteroatoms. The third-order valence-corrected chi connectivity index (χ3v) is 2.88. The molecule has 1 N–H and O–H groups in total. The molecule has 0 spiro atoms. The van der Waals surface area contributed by atoms with Crippen LogP contribution in [0.25, 0.3) is 0 Å². The maximum Gasteiger partial charge on any atom is 0.168 e. The molecule has 0 heterocycles. The highest BCUT2D eigenvalue weighted by Crippen LogP contribution is 2.19. The highest BCUT2D eigenvalue weighted by molar-refractivity contribution is 6.30. The van der Waals surface area contributed by atoms with Crippen LogP contribution in [0.2, 0.25) is 5.02 Å². The van der Waals surface area contributed by atoms with Crippen molar-refractivity contribution in [1.82, 2.24) is 0 Å². The molecule has 16 heavy (non-hydrogen) atoms. The van der Waals surface area contributed by atoms with E-state index in [9.17, 15) is 14.3 Å². The number of aliphatic hydroxyl groups is 1. The molecular weight excluding hydrogens is 231 g/mol. The summed E-state index contributed by atoms with van der Waals surface area (Å²) in [6.45, 7) is 3.13. The molecule has 0 aliphatic heterocycles. The van der Waals surface area contributed by atoms with Crippen LogP contribution in [0.4, 0.5) is 4.39 Å². The van der Waals surface area contributed by atoms with Gasteiger partial charge in [-0.15, -0.1) is 0 Å². The second-order valence-electron chi connectivity index (χ2n) is 3.96. The Bertz CT molecular complexity index is 402. The maximum atomic E-state index is 13.3. The van der Waals surface area contributed by atoms with Gasteiger partial charge < -0.3 is 5.11 Å². The quantitative estimate of drug-likeness (QED) is 0.884. The third-order valence-electron chi connectivity index (χ3n) is 2.65. The Balaban J connectivity index is 2.89. The average Bonchev–Trinajstić information content (AvgIpc) is 2.23. The van der Waals surface area contributed by atoms with Crippen LogP contribution in [-0.2, 0) is 11.2 Å². The number of hydrogen-bond acceptors (Lipinski definition) is 2. The minimum absolute atomic E-state index is 0.146. The number of hydrogen-bond donors (Lipinski definition) is 1. The van der Waals surface area contributed by atoms with Crippen LogP contribution < -0.4 is 0 Å². The van der Waals surface area contributed by atoms with Gasteiger partial charge in [-0.25, -0.2) is 4.39 Å². The van der Waals surface area contributed by atoms with Crippen molar-refractivity contribution in [2.24, 2.45) is 0 Å². The average molecular weight is 245 g/mol. The Morgan fingerprint density at radius 3 is 2.75 bits per heavy atom. The molecule has 0 bridgehead atoms. The van der Waals surface area contributed by atoms with E-state index < -0.39 is 17.2 Å². The lowest BCUT2D eigenvalue weighted by Gasteiger charge is -2.19. The maximum absolute atomic E-state index is 13.3. The van der Waals surface area contributed by atoms with Gasteiger partial charge >= 0.3 is 0 Å². The number of carbonyl (C=O) groups is 1.